The van der Waals surface area contributed by atoms with Crippen molar-refractivity contribution < 1.29 is 9.66 Å². The maximum Gasteiger partial charge on any atom is 0.315 e. The fraction of sp³-hybridized carbons (Fsp3) is 0.500. The van der Waals surface area contributed by atoms with Gasteiger partial charge in [0.1, 0.15) is 11.4 Å². The summed E-state index contributed by atoms with van der Waals surface area (Å²) in [6.07, 6.45) is 0.298. The fourth-order valence-electron chi connectivity index (χ4n) is 2.05. The lowest BCUT2D eigenvalue weighted by Crippen LogP contribution is -2.29. The summed E-state index contributed by atoms with van der Waals surface area (Å²) in [5.74, 6) is 0. The summed E-state index contributed by atoms with van der Waals surface area (Å²) >= 11 is 0. The number of nitrogens with zero attached hydrogens (tertiary/aromatic N) is 3. The Hall–Kier alpha value is -2.33. The van der Waals surface area contributed by atoms with Gasteiger partial charge in [0, 0.05) is 26.7 Å². The van der Waals surface area contributed by atoms with E-state index in [0.717, 1.165) is 0 Å². The van der Waals surface area contributed by atoms with Gasteiger partial charge in [-0.3, -0.25) is 10.1 Å². The van der Waals surface area contributed by atoms with Crippen molar-refractivity contribution in [2.45, 2.75) is 13.3 Å². The highest BCUT2D eigenvalue weighted by molar-refractivity contribution is 5.77. The molecule has 1 rings (SSSR count). The molecule has 0 heterocycles. The van der Waals surface area contributed by atoms with E-state index in [2.05, 4.69) is 11.4 Å². The lowest BCUT2D eigenvalue weighted by atomic mass is 10.2. The largest absolute Gasteiger partial charge is 0.383 e. The van der Waals surface area contributed by atoms with Gasteiger partial charge >= 0.3 is 5.69 Å². The molecule has 1 aromatic carbocycles. The Kier molecular flexibility index (Phi) is 6.98. The molecule has 0 aromatic heterocycles. The van der Waals surface area contributed by atoms with E-state index in [0.29, 0.717) is 44.0 Å². The quantitative estimate of drug-likeness (QED) is 0.555. The second-order valence-electron chi connectivity index (χ2n) is 4.35. The minimum atomic E-state index is -0.389. The Bertz CT molecular complexity index is 513. The van der Waals surface area contributed by atoms with Crippen LogP contribution in [0.4, 0.5) is 17.1 Å². The molecular weight excluding hydrogens is 272 g/mol. The van der Waals surface area contributed by atoms with Gasteiger partial charge in [0.05, 0.1) is 24.0 Å². The minimum absolute atomic E-state index is 0.0355. The van der Waals surface area contributed by atoms with E-state index >= 15 is 0 Å². The molecule has 0 radical (unpaired) electrons. The second kappa shape index (κ2) is 8.76. The molecule has 7 heteroatoms. The van der Waals surface area contributed by atoms with Gasteiger partial charge in [-0.1, -0.05) is 6.07 Å². The van der Waals surface area contributed by atoms with Gasteiger partial charge in [-0.05, 0) is 19.1 Å². The predicted octanol–water partition coefficient (Wildman–Crippen LogP) is 2.39. The van der Waals surface area contributed by atoms with E-state index in [1.54, 1.807) is 25.3 Å². The molecule has 0 aliphatic carbocycles. The first-order chi connectivity index (χ1) is 10.2. The van der Waals surface area contributed by atoms with Gasteiger partial charge in [-0.15, -0.1) is 0 Å². The summed E-state index contributed by atoms with van der Waals surface area (Å²) in [7, 11) is 1.58. The van der Waals surface area contributed by atoms with Gasteiger partial charge in [0.2, 0.25) is 0 Å². The molecule has 1 aromatic rings. The van der Waals surface area contributed by atoms with Crippen molar-refractivity contribution in [3.63, 3.8) is 0 Å². The molecule has 0 unspecified atom stereocenters. The van der Waals surface area contributed by atoms with Crippen LogP contribution in [0.5, 0.6) is 0 Å². The third kappa shape index (κ3) is 4.61. The lowest BCUT2D eigenvalue weighted by molar-refractivity contribution is -0.383. The Labute approximate surface area is 124 Å². The number of nitro groups is 1. The maximum atomic E-state index is 11.4. The number of methoxy groups -OCH3 is 1. The molecule has 7 nitrogen and oxygen atoms in total. The smallest absolute Gasteiger partial charge is 0.315 e. The van der Waals surface area contributed by atoms with Gasteiger partial charge in [0.15, 0.2) is 0 Å². The average molecular weight is 292 g/mol. The number of anilines is 2. The number of hydrogen-bond acceptors (Lipinski definition) is 6. The van der Waals surface area contributed by atoms with Crippen molar-refractivity contribution in [3.05, 3.63) is 28.3 Å². The number of para-hydroxylation sites is 1. The van der Waals surface area contributed by atoms with Crippen molar-refractivity contribution in [2.24, 2.45) is 0 Å². The van der Waals surface area contributed by atoms with Crippen molar-refractivity contribution in [1.29, 1.82) is 5.26 Å². The predicted molar refractivity (Wildman–Crippen MR) is 81.6 cm³/mol. The molecule has 0 atom stereocenters. The maximum absolute atomic E-state index is 11.4. The van der Waals surface area contributed by atoms with E-state index in [1.807, 2.05) is 11.8 Å². The SMILES string of the molecule is CCNc1cccc(N(CCC#N)CCOC)c1[N+](=O)[O-]. The van der Waals surface area contributed by atoms with E-state index < -0.39 is 0 Å². The van der Waals surface area contributed by atoms with Crippen molar-refractivity contribution >= 4 is 17.1 Å². The van der Waals surface area contributed by atoms with Crippen LogP contribution in [0.2, 0.25) is 0 Å². The van der Waals surface area contributed by atoms with Crippen LogP contribution in [0.15, 0.2) is 18.2 Å². The van der Waals surface area contributed by atoms with Crippen LogP contribution in [0.25, 0.3) is 0 Å². The van der Waals surface area contributed by atoms with Gasteiger partial charge in [0.25, 0.3) is 0 Å². The molecule has 0 aliphatic heterocycles. The van der Waals surface area contributed by atoms with Crippen molar-refractivity contribution in [3.8, 4) is 6.07 Å². The van der Waals surface area contributed by atoms with E-state index in [-0.39, 0.29) is 10.6 Å². The molecule has 0 amide bonds. The molecule has 0 bridgehead atoms. The van der Waals surface area contributed by atoms with Gasteiger partial charge in [-0.2, -0.15) is 5.26 Å². The van der Waals surface area contributed by atoms with Crippen LogP contribution in [0.1, 0.15) is 13.3 Å². The molecule has 0 saturated heterocycles. The number of ether oxygens (including phenoxy) is 1. The highest BCUT2D eigenvalue weighted by Crippen LogP contribution is 2.35. The molecule has 21 heavy (non-hydrogen) atoms. The number of nitriles is 1. The first-order valence-electron chi connectivity index (χ1n) is 6.77. The third-order valence-corrected chi connectivity index (χ3v) is 2.96. The summed E-state index contributed by atoms with van der Waals surface area (Å²) in [4.78, 5) is 12.8. The molecule has 114 valence electrons. The summed E-state index contributed by atoms with van der Waals surface area (Å²) < 4.78 is 5.04. The number of benzene rings is 1. The molecule has 0 saturated carbocycles. The monoisotopic (exact) mass is 292 g/mol. The number of rotatable bonds is 9. The fourth-order valence-corrected chi connectivity index (χ4v) is 2.05. The third-order valence-electron chi connectivity index (χ3n) is 2.96. The molecule has 0 spiro atoms. The summed E-state index contributed by atoms with van der Waals surface area (Å²) in [5, 5.41) is 23.2. The first kappa shape index (κ1) is 16.7. The molecular formula is C14H20N4O3. The molecule has 0 aliphatic rings. The van der Waals surface area contributed by atoms with Gasteiger partial charge < -0.3 is 15.0 Å². The van der Waals surface area contributed by atoms with E-state index in [4.69, 9.17) is 10.00 Å². The number of hydrogen-bond donors (Lipinski definition) is 1. The Morgan fingerprint density at radius 3 is 2.81 bits per heavy atom. The number of nitrogens with one attached hydrogen (secondary N) is 1. The Morgan fingerprint density at radius 2 is 2.24 bits per heavy atom. The summed E-state index contributed by atoms with van der Waals surface area (Å²) in [5.41, 5.74) is 1.03. The van der Waals surface area contributed by atoms with Crippen LogP contribution >= 0.6 is 0 Å². The van der Waals surface area contributed by atoms with Crippen LogP contribution in [0.3, 0.4) is 0 Å². The average Bonchev–Trinajstić information content (AvgIpc) is 2.47. The van der Waals surface area contributed by atoms with E-state index in [9.17, 15) is 10.1 Å². The lowest BCUT2D eigenvalue weighted by Gasteiger charge is -2.24. The number of nitro benzene ring substituents is 1. The zero-order chi connectivity index (χ0) is 15.7. The van der Waals surface area contributed by atoms with Crippen molar-refractivity contribution in [2.75, 3.05) is 43.6 Å². The Balaban J connectivity index is 3.18. The topological polar surface area (TPSA) is 91.4 Å². The second-order valence-corrected chi connectivity index (χ2v) is 4.35. The minimum Gasteiger partial charge on any atom is -0.383 e. The standard InChI is InChI=1S/C14H20N4O3/c1-3-16-12-6-4-7-13(14(12)18(19)20)17(9-5-8-15)10-11-21-2/h4,6-7,16H,3,5,9-11H2,1-2H3. The molecule has 0 fully saturated rings. The summed E-state index contributed by atoms with van der Waals surface area (Å²) in [6.45, 7) is 3.84. The van der Waals surface area contributed by atoms with Crippen LogP contribution < -0.4 is 10.2 Å². The van der Waals surface area contributed by atoms with Crippen LogP contribution in [0, 0.1) is 21.4 Å². The van der Waals surface area contributed by atoms with Crippen LogP contribution in [-0.2, 0) is 4.74 Å². The zero-order valence-electron chi connectivity index (χ0n) is 12.3. The Morgan fingerprint density at radius 1 is 1.48 bits per heavy atom. The first-order valence-corrected chi connectivity index (χ1v) is 6.77. The highest BCUT2D eigenvalue weighted by Gasteiger charge is 2.23. The zero-order valence-corrected chi connectivity index (χ0v) is 12.3. The van der Waals surface area contributed by atoms with E-state index in [1.165, 1.54) is 0 Å². The highest BCUT2D eigenvalue weighted by atomic mass is 16.6. The summed E-state index contributed by atoms with van der Waals surface area (Å²) in [6, 6.07) is 7.22. The normalized spacial score (nSPS) is 9.95. The van der Waals surface area contributed by atoms with Crippen molar-refractivity contribution in [1.82, 2.24) is 0 Å². The van der Waals surface area contributed by atoms with Gasteiger partial charge in [-0.25, -0.2) is 0 Å². The van der Waals surface area contributed by atoms with Crippen LogP contribution in [-0.4, -0.2) is 38.3 Å². The molecule has 1 N–H and O–H groups in total.